The van der Waals surface area contributed by atoms with E-state index >= 15 is 0 Å². The lowest BCUT2D eigenvalue weighted by molar-refractivity contribution is 0.191. The quantitative estimate of drug-likeness (QED) is 0.409. The van der Waals surface area contributed by atoms with Gasteiger partial charge in [0.2, 0.25) is 0 Å². The van der Waals surface area contributed by atoms with Crippen molar-refractivity contribution in [3.05, 3.63) is 83.8 Å². The fraction of sp³-hybridized carbons (Fsp3) is 0.286. The number of benzene rings is 2. The highest BCUT2D eigenvalue weighted by atomic mass is 16.5. The van der Waals surface area contributed by atoms with Crippen molar-refractivity contribution in [3.8, 4) is 17.0 Å². The number of carbonyl (C=O) groups excluding carboxylic acids is 1. The standard InChI is InChI=1S/C28H30N4O2/c1-19-12-13-24(20(2)16-19)29-28(33)31-14-7-9-22(18-31)27-30-26(25-11-4-5-15-32(25)27)21-8-6-10-23(17-21)34-3/h4-6,8,10-13,15-17,22H,7,9,14,18H2,1-3H3,(H,29,33)/t22-/m1/s1. The second-order valence-corrected chi connectivity index (χ2v) is 9.04. The lowest BCUT2D eigenvalue weighted by Gasteiger charge is -2.32. The minimum absolute atomic E-state index is 0.0504. The zero-order valence-corrected chi connectivity index (χ0v) is 19.9. The second kappa shape index (κ2) is 9.21. The largest absolute Gasteiger partial charge is 0.497 e. The van der Waals surface area contributed by atoms with Crippen molar-refractivity contribution in [3.63, 3.8) is 0 Å². The summed E-state index contributed by atoms with van der Waals surface area (Å²) in [5, 5.41) is 3.11. The molecule has 2 amide bonds. The Kier molecular flexibility index (Phi) is 5.97. The molecule has 0 radical (unpaired) electrons. The molecule has 6 heteroatoms. The van der Waals surface area contributed by atoms with Crippen LogP contribution in [-0.2, 0) is 0 Å². The first-order valence-electron chi connectivity index (χ1n) is 11.8. The van der Waals surface area contributed by atoms with Gasteiger partial charge in [-0.3, -0.25) is 0 Å². The number of imidazole rings is 1. The molecule has 2 aromatic heterocycles. The summed E-state index contributed by atoms with van der Waals surface area (Å²) in [5.74, 6) is 1.97. The summed E-state index contributed by atoms with van der Waals surface area (Å²) in [7, 11) is 1.68. The number of carbonyl (C=O) groups is 1. The normalized spacial score (nSPS) is 16.0. The number of amides is 2. The number of likely N-dealkylation sites (tertiary alicyclic amines) is 1. The summed E-state index contributed by atoms with van der Waals surface area (Å²) < 4.78 is 7.60. The van der Waals surface area contributed by atoms with Gasteiger partial charge in [0.05, 0.1) is 18.3 Å². The molecule has 1 saturated heterocycles. The third-order valence-electron chi connectivity index (χ3n) is 6.62. The number of piperidine rings is 1. The fourth-order valence-electron chi connectivity index (χ4n) is 4.85. The molecule has 1 fully saturated rings. The highest BCUT2D eigenvalue weighted by Gasteiger charge is 2.29. The Bertz CT molecular complexity index is 1340. The van der Waals surface area contributed by atoms with Gasteiger partial charge in [-0.1, -0.05) is 35.9 Å². The van der Waals surface area contributed by atoms with Gasteiger partial charge in [0.15, 0.2) is 0 Å². The summed E-state index contributed by atoms with van der Waals surface area (Å²) in [6.45, 7) is 5.47. The molecule has 5 rings (SSSR count). The van der Waals surface area contributed by atoms with E-state index in [0.717, 1.165) is 59.0 Å². The van der Waals surface area contributed by atoms with Crippen LogP contribution in [0, 0.1) is 13.8 Å². The molecular formula is C28H30N4O2. The molecule has 3 heterocycles. The number of aryl methyl sites for hydroxylation is 2. The number of rotatable bonds is 4. The van der Waals surface area contributed by atoms with Crippen LogP contribution in [0.5, 0.6) is 5.75 Å². The lowest BCUT2D eigenvalue weighted by atomic mass is 9.97. The van der Waals surface area contributed by atoms with Crippen molar-refractivity contribution < 1.29 is 9.53 Å². The molecule has 0 unspecified atom stereocenters. The number of aromatic nitrogens is 2. The molecule has 1 aliphatic rings. The number of nitrogens with zero attached hydrogens (tertiary/aromatic N) is 3. The van der Waals surface area contributed by atoms with E-state index in [1.54, 1.807) is 7.11 Å². The third kappa shape index (κ3) is 4.23. The van der Waals surface area contributed by atoms with Crippen LogP contribution in [0.2, 0.25) is 0 Å². The SMILES string of the molecule is COc1cccc(-c2nc([C@@H]3CCCN(C(=O)Nc4ccc(C)cc4C)C3)n3ccccc23)c1. The zero-order valence-electron chi connectivity index (χ0n) is 19.9. The number of hydrogen-bond donors (Lipinski definition) is 1. The molecule has 0 bridgehead atoms. The van der Waals surface area contributed by atoms with Gasteiger partial charge < -0.3 is 19.4 Å². The van der Waals surface area contributed by atoms with Gasteiger partial charge in [-0.2, -0.15) is 0 Å². The molecular weight excluding hydrogens is 424 g/mol. The number of methoxy groups -OCH3 is 1. The van der Waals surface area contributed by atoms with Crippen molar-refractivity contribution in [1.29, 1.82) is 0 Å². The fourth-order valence-corrected chi connectivity index (χ4v) is 4.85. The molecule has 2 aromatic carbocycles. The topological polar surface area (TPSA) is 58.9 Å². The minimum atomic E-state index is -0.0504. The van der Waals surface area contributed by atoms with Crippen LogP contribution in [-0.4, -0.2) is 40.5 Å². The van der Waals surface area contributed by atoms with E-state index in [-0.39, 0.29) is 11.9 Å². The van der Waals surface area contributed by atoms with E-state index in [2.05, 4.69) is 41.0 Å². The highest BCUT2D eigenvalue weighted by Crippen LogP contribution is 2.33. The summed E-state index contributed by atoms with van der Waals surface area (Å²) in [6.07, 6.45) is 4.01. The number of anilines is 1. The number of urea groups is 1. The first-order chi connectivity index (χ1) is 16.5. The van der Waals surface area contributed by atoms with Gasteiger partial charge in [-0.25, -0.2) is 9.78 Å². The highest BCUT2D eigenvalue weighted by molar-refractivity contribution is 5.90. The van der Waals surface area contributed by atoms with E-state index in [1.807, 2.05) is 54.3 Å². The minimum Gasteiger partial charge on any atom is -0.497 e. The van der Waals surface area contributed by atoms with Gasteiger partial charge in [-0.05, 0) is 62.6 Å². The Balaban J connectivity index is 1.43. The van der Waals surface area contributed by atoms with E-state index in [4.69, 9.17) is 9.72 Å². The Morgan fingerprint density at radius 2 is 1.97 bits per heavy atom. The Morgan fingerprint density at radius 3 is 2.79 bits per heavy atom. The average Bonchev–Trinajstić information content (AvgIpc) is 3.26. The van der Waals surface area contributed by atoms with Crippen molar-refractivity contribution in [1.82, 2.24) is 14.3 Å². The third-order valence-corrected chi connectivity index (χ3v) is 6.62. The summed E-state index contributed by atoms with van der Waals surface area (Å²) in [6, 6.07) is 20.2. The first-order valence-corrected chi connectivity index (χ1v) is 11.8. The summed E-state index contributed by atoms with van der Waals surface area (Å²) in [5.41, 5.74) is 6.14. The average molecular weight is 455 g/mol. The molecule has 4 aromatic rings. The van der Waals surface area contributed by atoms with Crippen molar-refractivity contribution >= 4 is 17.2 Å². The predicted molar refractivity (Wildman–Crippen MR) is 136 cm³/mol. The van der Waals surface area contributed by atoms with Crippen molar-refractivity contribution in [2.45, 2.75) is 32.6 Å². The Morgan fingerprint density at radius 1 is 1.09 bits per heavy atom. The number of pyridine rings is 1. The molecule has 0 spiro atoms. The number of ether oxygens (including phenoxy) is 1. The number of nitrogens with one attached hydrogen (secondary N) is 1. The van der Waals surface area contributed by atoms with Gasteiger partial charge in [-0.15, -0.1) is 0 Å². The van der Waals surface area contributed by atoms with Crippen LogP contribution in [0.1, 0.15) is 35.7 Å². The van der Waals surface area contributed by atoms with Crippen molar-refractivity contribution in [2.24, 2.45) is 0 Å². The molecule has 0 saturated carbocycles. The predicted octanol–water partition coefficient (Wildman–Crippen LogP) is 6.04. The molecule has 1 N–H and O–H groups in total. The van der Waals surface area contributed by atoms with Gasteiger partial charge >= 0.3 is 6.03 Å². The maximum atomic E-state index is 13.1. The first kappa shape index (κ1) is 22.0. The monoisotopic (exact) mass is 454 g/mol. The molecule has 34 heavy (non-hydrogen) atoms. The second-order valence-electron chi connectivity index (χ2n) is 9.04. The van der Waals surface area contributed by atoms with E-state index in [1.165, 1.54) is 5.56 Å². The summed E-state index contributed by atoms with van der Waals surface area (Å²) >= 11 is 0. The molecule has 1 atom stereocenters. The van der Waals surface area contributed by atoms with E-state index < -0.39 is 0 Å². The Labute approximate surface area is 200 Å². The lowest BCUT2D eigenvalue weighted by Crippen LogP contribution is -2.42. The maximum Gasteiger partial charge on any atom is 0.321 e. The van der Waals surface area contributed by atoms with Crippen LogP contribution in [0.4, 0.5) is 10.5 Å². The van der Waals surface area contributed by atoms with Gasteiger partial charge in [0.1, 0.15) is 11.6 Å². The van der Waals surface area contributed by atoms with E-state index in [9.17, 15) is 4.79 Å². The molecule has 0 aliphatic carbocycles. The van der Waals surface area contributed by atoms with Crippen LogP contribution in [0.15, 0.2) is 66.9 Å². The summed E-state index contributed by atoms with van der Waals surface area (Å²) in [4.78, 5) is 20.1. The molecule has 174 valence electrons. The van der Waals surface area contributed by atoms with Crippen LogP contribution >= 0.6 is 0 Å². The van der Waals surface area contributed by atoms with E-state index in [0.29, 0.717) is 6.54 Å². The maximum absolute atomic E-state index is 13.1. The van der Waals surface area contributed by atoms with Crippen LogP contribution in [0.25, 0.3) is 16.8 Å². The smallest absolute Gasteiger partial charge is 0.321 e. The van der Waals surface area contributed by atoms with Gasteiger partial charge in [0.25, 0.3) is 0 Å². The zero-order chi connectivity index (χ0) is 23.7. The number of fused-ring (bicyclic) bond motifs is 1. The van der Waals surface area contributed by atoms with Crippen molar-refractivity contribution in [2.75, 3.05) is 25.5 Å². The Hall–Kier alpha value is -3.80. The number of hydrogen-bond acceptors (Lipinski definition) is 3. The molecule has 6 nitrogen and oxygen atoms in total. The van der Waals surface area contributed by atoms with Gasteiger partial charge in [0, 0.05) is 36.5 Å². The van der Waals surface area contributed by atoms with Crippen LogP contribution < -0.4 is 10.1 Å². The molecule has 1 aliphatic heterocycles. The van der Waals surface area contributed by atoms with Crippen LogP contribution in [0.3, 0.4) is 0 Å².